The Bertz CT molecular complexity index is 507. The summed E-state index contributed by atoms with van der Waals surface area (Å²) in [6.07, 6.45) is 1.89. The van der Waals surface area contributed by atoms with Gasteiger partial charge < -0.3 is 5.32 Å². The third-order valence-corrected chi connectivity index (χ3v) is 3.98. The highest BCUT2D eigenvalue weighted by Crippen LogP contribution is 2.22. The van der Waals surface area contributed by atoms with E-state index in [1.165, 1.54) is 17.0 Å². The van der Waals surface area contributed by atoms with Crippen LogP contribution in [0.5, 0.6) is 0 Å². The number of nitrogens with one attached hydrogen (secondary N) is 1. The number of hydrogen-bond acceptors (Lipinski definition) is 3. The lowest BCUT2D eigenvalue weighted by Crippen LogP contribution is -2.22. The predicted molar refractivity (Wildman–Crippen MR) is 73.2 cm³/mol. The van der Waals surface area contributed by atoms with E-state index < -0.39 is 0 Å². The molecule has 96 valence electrons. The average molecular weight is 264 g/mol. The van der Waals surface area contributed by atoms with Crippen LogP contribution < -0.4 is 5.32 Å². The van der Waals surface area contributed by atoms with Crippen LogP contribution in [0.25, 0.3) is 0 Å². The summed E-state index contributed by atoms with van der Waals surface area (Å²) in [6.45, 7) is 6.22. The Kier molecular flexibility index (Phi) is 4.09. The van der Waals surface area contributed by atoms with Crippen LogP contribution >= 0.6 is 11.3 Å². The molecule has 0 amide bonds. The zero-order valence-corrected chi connectivity index (χ0v) is 11.6. The Morgan fingerprint density at radius 3 is 2.39 bits per heavy atom. The van der Waals surface area contributed by atoms with E-state index in [2.05, 4.69) is 31.1 Å². The van der Waals surface area contributed by atoms with Crippen molar-refractivity contribution in [2.45, 2.75) is 32.9 Å². The average Bonchev–Trinajstić information content (AvgIpc) is 2.76. The molecule has 1 heterocycles. The fourth-order valence-electron chi connectivity index (χ4n) is 1.87. The summed E-state index contributed by atoms with van der Waals surface area (Å²) in [5, 5.41) is 4.56. The predicted octanol–water partition coefficient (Wildman–Crippen LogP) is 4.00. The summed E-state index contributed by atoms with van der Waals surface area (Å²) in [6, 6.07) is 6.98. The van der Waals surface area contributed by atoms with Crippen LogP contribution in [-0.4, -0.2) is 4.98 Å². The number of nitrogens with zero attached hydrogens (tertiary/aromatic N) is 1. The van der Waals surface area contributed by atoms with Crippen molar-refractivity contribution in [3.8, 4) is 0 Å². The van der Waals surface area contributed by atoms with E-state index in [1.807, 2.05) is 18.3 Å². The molecule has 0 aliphatic heterocycles. The van der Waals surface area contributed by atoms with E-state index in [0.717, 1.165) is 10.6 Å². The van der Waals surface area contributed by atoms with Crippen LogP contribution in [0.15, 0.2) is 30.5 Å². The molecule has 1 aromatic heterocycles. The molecule has 18 heavy (non-hydrogen) atoms. The SMILES string of the molecule is Cc1cnc(C(C)NC(C)c2ccc(F)cc2)s1. The highest BCUT2D eigenvalue weighted by atomic mass is 32.1. The van der Waals surface area contributed by atoms with E-state index in [1.54, 1.807) is 11.3 Å². The van der Waals surface area contributed by atoms with Gasteiger partial charge in [0.1, 0.15) is 10.8 Å². The number of aromatic nitrogens is 1. The largest absolute Gasteiger partial charge is 0.302 e. The molecule has 1 N–H and O–H groups in total. The van der Waals surface area contributed by atoms with Gasteiger partial charge >= 0.3 is 0 Å². The van der Waals surface area contributed by atoms with Crippen LogP contribution in [0, 0.1) is 12.7 Å². The van der Waals surface area contributed by atoms with Crippen LogP contribution in [0.1, 0.15) is 41.4 Å². The summed E-state index contributed by atoms with van der Waals surface area (Å²) in [7, 11) is 0. The number of benzene rings is 1. The van der Waals surface area contributed by atoms with Crippen LogP contribution in [-0.2, 0) is 0 Å². The fraction of sp³-hybridized carbons (Fsp3) is 0.357. The van der Waals surface area contributed by atoms with Crippen LogP contribution in [0.4, 0.5) is 4.39 Å². The topological polar surface area (TPSA) is 24.9 Å². The third kappa shape index (κ3) is 3.15. The Balaban J connectivity index is 2.02. The third-order valence-electron chi connectivity index (χ3n) is 2.88. The Morgan fingerprint density at radius 1 is 1.17 bits per heavy atom. The van der Waals surface area contributed by atoms with Gasteiger partial charge in [-0.15, -0.1) is 11.3 Å². The van der Waals surface area contributed by atoms with Crippen molar-refractivity contribution in [2.24, 2.45) is 0 Å². The molecule has 0 saturated heterocycles. The second kappa shape index (κ2) is 5.59. The van der Waals surface area contributed by atoms with Crippen molar-refractivity contribution in [1.29, 1.82) is 0 Å². The zero-order chi connectivity index (χ0) is 13.1. The number of thiazole rings is 1. The molecular weight excluding hydrogens is 247 g/mol. The van der Waals surface area contributed by atoms with Crippen molar-refractivity contribution in [1.82, 2.24) is 10.3 Å². The lowest BCUT2D eigenvalue weighted by molar-refractivity contribution is 0.492. The Labute approximate surface area is 111 Å². The molecule has 0 aliphatic carbocycles. The van der Waals surface area contributed by atoms with Gasteiger partial charge in [0, 0.05) is 17.1 Å². The van der Waals surface area contributed by atoms with Gasteiger partial charge in [0.15, 0.2) is 0 Å². The number of aryl methyl sites for hydroxylation is 1. The van der Waals surface area contributed by atoms with Gasteiger partial charge in [-0.25, -0.2) is 9.37 Å². The first-order chi connectivity index (χ1) is 8.56. The normalized spacial score (nSPS) is 14.4. The van der Waals surface area contributed by atoms with Gasteiger partial charge in [-0.3, -0.25) is 0 Å². The highest BCUT2D eigenvalue weighted by Gasteiger charge is 2.13. The van der Waals surface area contributed by atoms with Crippen LogP contribution in [0.3, 0.4) is 0 Å². The summed E-state index contributed by atoms with van der Waals surface area (Å²) in [4.78, 5) is 5.59. The summed E-state index contributed by atoms with van der Waals surface area (Å²) in [5.41, 5.74) is 1.08. The van der Waals surface area contributed by atoms with E-state index in [0.29, 0.717) is 0 Å². The van der Waals surface area contributed by atoms with Crippen molar-refractivity contribution in [3.05, 3.63) is 51.7 Å². The van der Waals surface area contributed by atoms with Gasteiger partial charge in [-0.2, -0.15) is 0 Å². The summed E-state index contributed by atoms with van der Waals surface area (Å²) < 4.78 is 12.9. The molecule has 2 rings (SSSR count). The van der Waals surface area contributed by atoms with Crippen molar-refractivity contribution in [3.63, 3.8) is 0 Å². The molecule has 0 spiro atoms. The minimum Gasteiger partial charge on any atom is -0.302 e. The molecular formula is C14H17FN2S. The molecule has 0 aliphatic rings. The smallest absolute Gasteiger partial charge is 0.123 e. The second-order valence-corrected chi connectivity index (χ2v) is 5.74. The molecule has 1 aromatic carbocycles. The standard InChI is InChI=1S/C14H17FN2S/c1-9-8-16-14(18-9)11(3)17-10(2)12-4-6-13(15)7-5-12/h4-8,10-11,17H,1-3H3. The Morgan fingerprint density at radius 2 is 1.83 bits per heavy atom. The summed E-state index contributed by atoms with van der Waals surface area (Å²) >= 11 is 1.70. The Hall–Kier alpha value is -1.26. The van der Waals surface area contributed by atoms with Crippen molar-refractivity contribution >= 4 is 11.3 Å². The maximum Gasteiger partial charge on any atom is 0.123 e. The fourth-order valence-corrected chi connectivity index (χ4v) is 2.65. The van der Waals surface area contributed by atoms with Crippen molar-refractivity contribution < 1.29 is 4.39 Å². The molecule has 2 aromatic rings. The lowest BCUT2D eigenvalue weighted by atomic mass is 10.1. The first-order valence-corrected chi connectivity index (χ1v) is 6.81. The highest BCUT2D eigenvalue weighted by molar-refractivity contribution is 7.11. The van der Waals surface area contributed by atoms with Gasteiger partial charge in [0.2, 0.25) is 0 Å². The van der Waals surface area contributed by atoms with Gasteiger partial charge in [-0.05, 0) is 38.5 Å². The number of halogens is 1. The van der Waals surface area contributed by atoms with Gasteiger partial charge in [-0.1, -0.05) is 12.1 Å². The minimum atomic E-state index is -0.199. The number of hydrogen-bond donors (Lipinski definition) is 1. The van der Waals surface area contributed by atoms with Gasteiger partial charge in [0.25, 0.3) is 0 Å². The minimum absolute atomic E-state index is 0.171. The van der Waals surface area contributed by atoms with E-state index in [-0.39, 0.29) is 17.9 Å². The van der Waals surface area contributed by atoms with Crippen LogP contribution in [0.2, 0.25) is 0 Å². The van der Waals surface area contributed by atoms with Crippen molar-refractivity contribution in [2.75, 3.05) is 0 Å². The molecule has 2 atom stereocenters. The molecule has 0 bridgehead atoms. The molecule has 0 fully saturated rings. The van der Waals surface area contributed by atoms with E-state index >= 15 is 0 Å². The number of rotatable bonds is 4. The maximum atomic E-state index is 12.9. The molecule has 2 nitrogen and oxygen atoms in total. The maximum absolute atomic E-state index is 12.9. The second-order valence-electron chi connectivity index (χ2n) is 4.47. The molecule has 4 heteroatoms. The first-order valence-electron chi connectivity index (χ1n) is 6.00. The molecule has 0 radical (unpaired) electrons. The molecule has 0 saturated carbocycles. The van der Waals surface area contributed by atoms with E-state index in [9.17, 15) is 4.39 Å². The zero-order valence-electron chi connectivity index (χ0n) is 10.8. The first kappa shape index (κ1) is 13.2. The molecule has 2 unspecified atom stereocenters. The summed E-state index contributed by atoms with van der Waals surface area (Å²) in [5.74, 6) is -0.199. The van der Waals surface area contributed by atoms with E-state index in [4.69, 9.17) is 0 Å². The lowest BCUT2D eigenvalue weighted by Gasteiger charge is -2.18. The monoisotopic (exact) mass is 264 g/mol. The van der Waals surface area contributed by atoms with Gasteiger partial charge in [0.05, 0.1) is 6.04 Å². The quantitative estimate of drug-likeness (QED) is 0.902.